The maximum Gasteiger partial charge on any atom is 0.321 e. The van der Waals surface area contributed by atoms with Gasteiger partial charge in [0.1, 0.15) is 0 Å². The van der Waals surface area contributed by atoms with E-state index >= 15 is 0 Å². The van der Waals surface area contributed by atoms with Gasteiger partial charge in [-0.1, -0.05) is 27.2 Å². The molecule has 3 amide bonds. The standard InChI is InChI=1S/C21H37N5O4S/c1-7-10-13-22-17-12-11-16(31(29,30)26(8-2)9-3)14-18(17)23-15-19(27)24-20(28)25-21(4,5)6/h11-12,14,22-23H,7-10,13,15H2,1-6H3,(H2,24,25,27,28). The van der Waals surface area contributed by atoms with Crippen molar-refractivity contribution < 1.29 is 18.0 Å². The molecule has 0 heterocycles. The normalized spacial score (nSPS) is 11.8. The molecule has 1 aromatic rings. The van der Waals surface area contributed by atoms with Crippen molar-refractivity contribution in [2.45, 2.75) is 64.8 Å². The summed E-state index contributed by atoms with van der Waals surface area (Å²) in [5.74, 6) is -0.529. The van der Waals surface area contributed by atoms with Crippen LogP contribution in [0.2, 0.25) is 0 Å². The zero-order valence-electron chi connectivity index (χ0n) is 19.5. The molecule has 176 valence electrons. The van der Waals surface area contributed by atoms with Gasteiger partial charge >= 0.3 is 6.03 Å². The van der Waals surface area contributed by atoms with Crippen LogP contribution in [0, 0.1) is 0 Å². The Labute approximate surface area is 186 Å². The highest BCUT2D eigenvalue weighted by atomic mass is 32.2. The first-order valence-corrected chi connectivity index (χ1v) is 12.1. The average molecular weight is 456 g/mol. The molecular formula is C21H37N5O4S. The summed E-state index contributed by atoms with van der Waals surface area (Å²) in [7, 11) is -3.64. The fourth-order valence-electron chi connectivity index (χ4n) is 2.81. The summed E-state index contributed by atoms with van der Waals surface area (Å²) in [6, 6.07) is 4.19. The smallest absolute Gasteiger partial charge is 0.321 e. The van der Waals surface area contributed by atoms with Crippen LogP contribution in [0.25, 0.3) is 0 Å². The predicted octanol–water partition coefficient (Wildman–Crippen LogP) is 2.97. The van der Waals surface area contributed by atoms with Gasteiger partial charge in [-0.3, -0.25) is 10.1 Å². The van der Waals surface area contributed by atoms with E-state index in [0.717, 1.165) is 12.8 Å². The van der Waals surface area contributed by atoms with Gasteiger partial charge in [-0.25, -0.2) is 13.2 Å². The van der Waals surface area contributed by atoms with Crippen molar-refractivity contribution in [3.63, 3.8) is 0 Å². The Morgan fingerprint density at radius 1 is 1.00 bits per heavy atom. The largest absolute Gasteiger partial charge is 0.383 e. The second-order valence-electron chi connectivity index (χ2n) is 8.18. The van der Waals surface area contributed by atoms with Crippen molar-refractivity contribution in [2.75, 3.05) is 36.8 Å². The number of imide groups is 1. The van der Waals surface area contributed by atoms with E-state index < -0.39 is 27.5 Å². The predicted molar refractivity (Wildman–Crippen MR) is 125 cm³/mol. The molecule has 9 nitrogen and oxygen atoms in total. The number of hydrogen-bond donors (Lipinski definition) is 4. The first-order chi connectivity index (χ1) is 14.4. The molecule has 0 unspecified atom stereocenters. The molecule has 0 bridgehead atoms. The maximum atomic E-state index is 12.9. The van der Waals surface area contributed by atoms with E-state index in [1.807, 2.05) is 20.8 Å². The van der Waals surface area contributed by atoms with Crippen LogP contribution in [0.1, 0.15) is 54.4 Å². The third-order valence-electron chi connectivity index (χ3n) is 4.36. The molecular weight excluding hydrogens is 418 g/mol. The summed E-state index contributed by atoms with van der Waals surface area (Å²) in [6.07, 6.45) is 1.96. The fourth-order valence-corrected chi connectivity index (χ4v) is 4.30. The summed E-state index contributed by atoms with van der Waals surface area (Å²) in [6.45, 7) is 12.3. The number of rotatable bonds is 11. The van der Waals surface area contributed by atoms with Crippen LogP contribution in [0.3, 0.4) is 0 Å². The number of hydrogen-bond acceptors (Lipinski definition) is 6. The Morgan fingerprint density at radius 3 is 2.19 bits per heavy atom. The quantitative estimate of drug-likeness (QED) is 0.381. The Balaban J connectivity index is 3.03. The first kappa shape index (κ1) is 26.7. The lowest BCUT2D eigenvalue weighted by Gasteiger charge is -2.21. The number of sulfonamides is 1. The number of carbonyl (C=O) groups excluding carboxylic acids is 2. The fraction of sp³-hybridized carbons (Fsp3) is 0.619. The van der Waals surface area contributed by atoms with Gasteiger partial charge in [0.05, 0.1) is 22.8 Å². The molecule has 0 radical (unpaired) electrons. The molecule has 10 heteroatoms. The van der Waals surface area contributed by atoms with Gasteiger partial charge < -0.3 is 16.0 Å². The number of nitrogens with one attached hydrogen (secondary N) is 4. The van der Waals surface area contributed by atoms with Crippen LogP contribution in [0.4, 0.5) is 16.2 Å². The molecule has 1 aromatic carbocycles. The minimum Gasteiger partial charge on any atom is -0.383 e. The molecule has 0 atom stereocenters. The summed E-state index contributed by atoms with van der Waals surface area (Å²) in [5, 5.41) is 11.1. The topological polar surface area (TPSA) is 120 Å². The van der Waals surface area contributed by atoms with Gasteiger partial charge in [0, 0.05) is 25.2 Å². The van der Waals surface area contributed by atoms with E-state index in [1.54, 1.807) is 26.0 Å². The zero-order chi connectivity index (χ0) is 23.7. The number of unbranched alkanes of at least 4 members (excludes halogenated alkanes) is 1. The molecule has 0 aliphatic heterocycles. The molecule has 0 spiro atoms. The van der Waals surface area contributed by atoms with Gasteiger partial charge in [0.15, 0.2) is 0 Å². The third-order valence-corrected chi connectivity index (χ3v) is 6.41. The number of urea groups is 1. The monoisotopic (exact) mass is 455 g/mol. The average Bonchev–Trinajstić information content (AvgIpc) is 2.66. The molecule has 0 aromatic heterocycles. The van der Waals surface area contributed by atoms with Crippen LogP contribution in [0.15, 0.2) is 23.1 Å². The van der Waals surface area contributed by atoms with Crippen molar-refractivity contribution >= 4 is 33.3 Å². The zero-order valence-corrected chi connectivity index (χ0v) is 20.3. The van der Waals surface area contributed by atoms with E-state index in [9.17, 15) is 18.0 Å². The van der Waals surface area contributed by atoms with Crippen LogP contribution in [-0.2, 0) is 14.8 Å². The molecule has 0 saturated carbocycles. The van der Waals surface area contributed by atoms with Crippen LogP contribution in [-0.4, -0.2) is 56.4 Å². The Morgan fingerprint density at radius 2 is 1.65 bits per heavy atom. The summed E-state index contributed by atoms with van der Waals surface area (Å²) in [5.41, 5.74) is 0.705. The van der Waals surface area contributed by atoms with E-state index in [4.69, 9.17) is 0 Å². The minimum atomic E-state index is -3.64. The van der Waals surface area contributed by atoms with Crippen LogP contribution >= 0.6 is 0 Å². The van der Waals surface area contributed by atoms with Crippen LogP contribution in [0.5, 0.6) is 0 Å². The van der Waals surface area contributed by atoms with E-state index in [2.05, 4.69) is 28.2 Å². The lowest BCUT2D eigenvalue weighted by atomic mass is 10.1. The van der Waals surface area contributed by atoms with Gasteiger partial charge in [-0.05, 0) is 45.4 Å². The number of benzene rings is 1. The lowest BCUT2D eigenvalue weighted by molar-refractivity contribution is -0.118. The number of anilines is 2. The Kier molecular flexibility index (Phi) is 10.3. The summed E-state index contributed by atoms with van der Waals surface area (Å²) < 4.78 is 27.1. The maximum absolute atomic E-state index is 12.9. The Hall–Kier alpha value is -2.33. The van der Waals surface area contributed by atoms with Crippen LogP contribution < -0.4 is 21.3 Å². The molecule has 31 heavy (non-hydrogen) atoms. The molecule has 4 N–H and O–H groups in total. The van der Waals surface area contributed by atoms with Crippen molar-refractivity contribution in [2.24, 2.45) is 0 Å². The second kappa shape index (κ2) is 11.9. The lowest BCUT2D eigenvalue weighted by Crippen LogP contribution is -2.49. The van der Waals surface area contributed by atoms with Gasteiger partial charge in [-0.15, -0.1) is 0 Å². The van der Waals surface area contributed by atoms with Gasteiger partial charge in [-0.2, -0.15) is 4.31 Å². The molecule has 0 aliphatic carbocycles. The van der Waals surface area contributed by atoms with E-state index in [-0.39, 0.29) is 11.4 Å². The van der Waals surface area contributed by atoms with Crippen molar-refractivity contribution in [1.29, 1.82) is 0 Å². The Bertz CT molecular complexity index is 846. The van der Waals surface area contributed by atoms with E-state index in [1.165, 1.54) is 10.4 Å². The summed E-state index contributed by atoms with van der Waals surface area (Å²) >= 11 is 0. The molecule has 1 rings (SSSR count). The highest BCUT2D eigenvalue weighted by molar-refractivity contribution is 7.89. The molecule has 0 aliphatic rings. The second-order valence-corrected chi connectivity index (χ2v) is 10.1. The summed E-state index contributed by atoms with van der Waals surface area (Å²) in [4.78, 5) is 24.2. The van der Waals surface area contributed by atoms with Gasteiger partial charge in [0.2, 0.25) is 15.9 Å². The number of nitrogens with zero attached hydrogens (tertiary/aromatic N) is 1. The number of amides is 3. The highest BCUT2D eigenvalue weighted by Gasteiger charge is 2.23. The number of carbonyl (C=O) groups is 2. The van der Waals surface area contributed by atoms with E-state index in [0.29, 0.717) is 31.0 Å². The third kappa shape index (κ3) is 8.74. The first-order valence-electron chi connectivity index (χ1n) is 10.7. The van der Waals surface area contributed by atoms with Crippen molar-refractivity contribution in [1.82, 2.24) is 14.9 Å². The SMILES string of the molecule is CCCCNc1ccc(S(=O)(=O)N(CC)CC)cc1NCC(=O)NC(=O)NC(C)(C)C. The van der Waals surface area contributed by atoms with Gasteiger partial charge in [0.25, 0.3) is 0 Å². The van der Waals surface area contributed by atoms with Crippen molar-refractivity contribution in [3.05, 3.63) is 18.2 Å². The van der Waals surface area contributed by atoms with Crippen molar-refractivity contribution in [3.8, 4) is 0 Å². The molecule has 0 fully saturated rings. The minimum absolute atomic E-state index is 0.144. The molecule has 0 saturated heterocycles. The highest BCUT2D eigenvalue weighted by Crippen LogP contribution is 2.27.